The molecule has 0 aromatic heterocycles. The van der Waals surface area contributed by atoms with Gasteiger partial charge >= 0.3 is 0 Å². The third-order valence-electron chi connectivity index (χ3n) is 4.24. The van der Waals surface area contributed by atoms with Crippen molar-refractivity contribution in [3.63, 3.8) is 0 Å². The molecule has 0 bridgehead atoms. The van der Waals surface area contributed by atoms with E-state index in [0.717, 1.165) is 10.6 Å². The number of nitrogens with zero attached hydrogens (tertiary/aromatic N) is 1. The number of ether oxygens (including phenoxy) is 1. The monoisotopic (exact) mass is 384 g/mol. The zero-order valence-electron chi connectivity index (χ0n) is 16.8. The van der Waals surface area contributed by atoms with Crippen LogP contribution in [0.15, 0.2) is 24.3 Å². The number of nitrogens with one attached hydrogen (secondary N) is 1. The molecule has 0 aliphatic heterocycles. The maximum Gasteiger partial charge on any atom is 0.243 e. The molecule has 1 aromatic rings. The molecule has 26 heavy (non-hydrogen) atoms. The molecule has 0 heterocycles. The van der Waals surface area contributed by atoms with E-state index in [2.05, 4.69) is 5.32 Å². The standard InChI is InChI=1S/C19H32N2O4S/c1-8-25-17-11-9-16(10-12-17)21(26(7,23)24)15(6)19(22)20-18(13(2)3)14(4)5/h9-15,18H,8H2,1-7H3,(H,20,22)/t15-/m1/s1. The first-order valence-corrected chi connectivity index (χ1v) is 10.9. The number of carbonyl (C=O) groups excluding carboxylic acids is 1. The van der Waals surface area contributed by atoms with Crippen molar-refractivity contribution < 1.29 is 17.9 Å². The summed E-state index contributed by atoms with van der Waals surface area (Å²) in [4.78, 5) is 12.8. The largest absolute Gasteiger partial charge is 0.494 e. The number of anilines is 1. The van der Waals surface area contributed by atoms with Crippen LogP contribution >= 0.6 is 0 Å². The van der Waals surface area contributed by atoms with Crippen LogP contribution in [-0.4, -0.2) is 39.3 Å². The summed E-state index contributed by atoms with van der Waals surface area (Å²) in [7, 11) is -3.63. The highest BCUT2D eigenvalue weighted by Gasteiger charge is 2.31. The van der Waals surface area contributed by atoms with Gasteiger partial charge in [-0.3, -0.25) is 9.10 Å². The minimum Gasteiger partial charge on any atom is -0.494 e. The zero-order chi connectivity index (χ0) is 20.1. The predicted octanol–water partition coefficient (Wildman–Crippen LogP) is 3.04. The zero-order valence-corrected chi connectivity index (χ0v) is 17.6. The van der Waals surface area contributed by atoms with Crippen LogP contribution in [0.25, 0.3) is 0 Å². The van der Waals surface area contributed by atoms with Crippen molar-refractivity contribution >= 4 is 21.6 Å². The van der Waals surface area contributed by atoms with Crippen LogP contribution in [0.4, 0.5) is 5.69 Å². The van der Waals surface area contributed by atoms with E-state index in [1.807, 2.05) is 34.6 Å². The molecular formula is C19H32N2O4S. The lowest BCUT2D eigenvalue weighted by molar-refractivity contribution is -0.123. The Balaban J connectivity index is 3.11. The van der Waals surface area contributed by atoms with Crippen molar-refractivity contribution in [2.75, 3.05) is 17.2 Å². The molecule has 0 radical (unpaired) electrons. The summed E-state index contributed by atoms with van der Waals surface area (Å²) in [5.74, 6) is 0.852. The predicted molar refractivity (Wildman–Crippen MR) is 106 cm³/mol. The molecular weight excluding hydrogens is 352 g/mol. The van der Waals surface area contributed by atoms with E-state index in [1.165, 1.54) is 0 Å². The second-order valence-corrected chi connectivity index (χ2v) is 9.04. The van der Waals surface area contributed by atoms with Crippen LogP contribution in [0, 0.1) is 11.8 Å². The Labute approximate surface area is 158 Å². The topological polar surface area (TPSA) is 75.7 Å². The first-order valence-electron chi connectivity index (χ1n) is 9.01. The molecule has 0 fully saturated rings. The van der Waals surface area contributed by atoms with E-state index in [1.54, 1.807) is 31.2 Å². The quantitative estimate of drug-likeness (QED) is 0.710. The van der Waals surface area contributed by atoms with Crippen molar-refractivity contribution in [3.8, 4) is 5.75 Å². The molecule has 1 N–H and O–H groups in total. The Morgan fingerprint density at radius 2 is 1.58 bits per heavy atom. The average molecular weight is 385 g/mol. The summed E-state index contributed by atoms with van der Waals surface area (Å²) in [5, 5.41) is 3.00. The molecule has 1 aromatic carbocycles. The average Bonchev–Trinajstić information content (AvgIpc) is 2.52. The molecule has 0 unspecified atom stereocenters. The second-order valence-electron chi connectivity index (χ2n) is 7.18. The Kier molecular flexibility index (Phi) is 7.93. The SMILES string of the molecule is CCOc1ccc(N([C@H](C)C(=O)NC(C(C)C)C(C)C)S(C)(=O)=O)cc1. The van der Waals surface area contributed by atoms with Gasteiger partial charge in [-0.05, 0) is 49.9 Å². The fourth-order valence-electron chi connectivity index (χ4n) is 3.05. The Morgan fingerprint density at radius 3 is 1.96 bits per heavy atom. The lowest BCUT2D eigenvalue weighted by Gasteiger charge is -2.32. The number of carbonyl (C=O) groups is 1. The molecule has 0 saturated carbocycles. The highest BCUT2D eigenvalue weighted by atomic mass is 32.2. The van der Waals surface area contributed by atoms with Crippen molar-refractivity contribution in [1.29, 1.82) is 0 Å². The van der Waals surface area contributed by atoms with E-state index < -0.39 is 16.1 Å². The van der Waals surface area contributed by atoms with Gasteiger partial charge in [-0.25, -0.2) is 8.42 Å². The van der Waals surface area contributed by atoms with E-state index in [0.29, 0.717) is 18.0 Å². The molecule has 7 heteroatoms. The second kappa shape index (κ2) is 9.26. The van der Waals surface area contributed by atoms with Gasteiger partial charge in [0, 0.05) is 6.04 Å². The number of rotatable bonds is 9. The fraction of sp³-hybridized carbons (Fsp3) is 0.632. The number of hydrogen-bond acceptors (Lipinski definition) is 4. The molecule has 0 spiro atoms. The van der Waals surface area contributed by atoms with E-state index in [9.17, 15) is 13.2 Å². The van der Waals surface area contributed by atoms with Gasteiger partial charge in [-0.2, -0.15) is 0 Å². The lowest BCUT2D eigenvalue weighted by atomic mass is 9.93. The van der Waals surface area contributed by atoms with Crippen LogP contribution < -0.4 is 14.4 Å². The van der Waals surface area contributed by atoms with Crippen molar-refractivity contribution in [2.24, 2.45) is 11.8 Å². The van der Waals surface area contributed by atoms with Gasteiger partial charge in [0.25, 0.3) is 0 Å². The van der Waals surface area contributed by atoms with Gasteiger partial charge in [-0.1, -0.05) is 27.7 Å². The summed E-state index contributed by atoms with van der Waals surface area (Å²) in [6.45, 7) is 12.2. The number of benzene rings is 1. The van der Waals surface area contributed by atoms with E-state index >= 15 is 0 Å². The number of amides is 1. The molecule has 0 aliphatic carbocycles. The Hall–Kier alpha value is -1.76. The van der Waals surface area contributed by atoms with Crippen LogP contribution in [0.1, 0.15) is 41.5 Å². The third-order valence-corrected chi connectivity index (χ3v) is 5.48. The first kappa shape index (κ1) is 22.3. The van der Waals surface area contributed by atoms with Crippen LogP contribution in [0.2, 0.25) is 0 Å². The number of sulfonamides is 1. The summed E-state index contributed by atoms with van der Waals surface area (Å²) < 4.78 is 31.3. The fourth-order valence-corrected chi connectivity index (χ4v) is 4.23. The normalized spacial score (nSPS) is 13.2. The molecule has 1 amide bonds. The molecule has 6 nitrogen and oxygen atoms in total. The summed E-state index contributed by atoms with van der Waals surface area (Å²) in [6.07, 6.45) is 1.11. The minimum atomic E-state index is -3.63. The van der Waals surface area contributed by atoms with Crippen molar-refractivity contribution in [1.82, 2.24) is 5.32 Å². The van der Waals surface area contributed by atoms with Gasteiger partial charge in [0.05, 0.1) is 18.6 Å². The smallest absolute Gasteiger partial charge is 0.243 e. The highest BCUT2D eigenvalue weighted by Crippen LogP contribution is 2.24. The Morgan fingerprint density at radius 1 is 1.08 bits per heavy atom. The van der Waals surface area contributed by atoms with Gasteiger partial charge in [0.1, 0.15) is 11.8 Å². The van der Waals surface area contributed by atoms with E-state index in [-0.39, 0.29) is 23.8 Å². The maximum absolute atomic E-state index is 12.8. The van der Waals surface area contributed by atoms with Crippen molar-refractivity contribution in [3.05, 3.63) is 24.3 Å². The summed E-state index contributed by atoms with van der Waals surface area (Å²) in [6, 6.07) is 5.82. The highest BCUT2D eigenvalue weighted by molar-refractivity contribution is 7.92. The summed E-state index contributed by atoms with van der Waals surface area (Å²) >= 11 is 0. The molecule has 148 valence electrons. The lowest BCUT2D eigenvalue weighted by Crippen LogP contribution is -2.52. The van der Waals surface area contributed by atoms with Gasteiger partial charge < -0.3 is 10.1 Å². The van der Waals surface area contributed by atoms with Crippen molar-refractivity contribution in [2.45, 2.75) is 53.6 Å². The van der Waals surface area contributed by atoms with Gasteiger partial charge in [0.2, 0.25) is 15.9 Å². The maximum atomic E-state index is 12.8. The molecule has 1 atom stereocenters. The van der Waals surface area contributed by atoms with Gasteiger partial charge in [0.15, 0.2) is 0 Å². The van der Waals surface area contributed by atoms with Gasteiger partial charge in [-0.15, -0.1) is 0 Å². The van der Waals surface area contributed by atoms with E-state index in [4.69, 9.17) is 4.74 Å². The number of hydrogen-bond donors (Lipinski definition) is 1. The third kappa shape index (κ3) is 5.90. The van der Waals surface area contributed by atoms with Crippen LogP contribution in [0.5, 0.6) is 5.75 Å². The summed E-state index contributed by atoms with van der Waals surface area (Å²) in [5.41, 5.74) is 0.434. The first-order chi connectivity index (χ1) is 12.0. The molecule has 0 aliphatic rings. The van der Waals surface area contributed by atoms with Crippen LogP contribution in [0.3, 0.4) is 0 Å². The Bertz CT molecular complexity index is 676. The van der Waals surface area contributed by atoms with Crippen LogP contribution in [-0.2, 0) is 14.8 Å². The minimum absolute atomic E-state index is 0.0216. The molecule has 0 saturated heterocycles. The molecule has 1 rings (SSSR count).